The van der Waals surface area contributed by atoms with Gasteiger partial charge in [-0.2, -0.15) is 0 Å². The quantitative estimate of drug-likeness (QED) is 0.646. The van der Waals surface area contributed by atoms with Gasteiger partial charge in [0, 0.05) is 15.1 Å². The standard InChI is InChI=1S/C11H17ClS/c1-3-9(12)5-6-11-8-7-10(4-2)13-11/h7-9H,3-6H2,1-2H3. The number of thiophene rings is 1. The highest BCUT2D eigenvalue weighted by atomic mass is 35.5. The van der Waals surface area contributed by atoms with E-state index in [-0.39, 0.29) is 0 Å². The van der Waals surface area contributed by atoms with Crippen LogP contribution < -0.4 is 0 Å². The minimum absolute atomic E-state index is 0.354. The lowest BCUT2D eigenvalue weighted by Gasteiger charge is -2.03. The molecule has 1 atom stereocenters. The van der Waals surface area contributed by atoms with Crippen LogP contribution in [0.4, 0.5) is 0 Å². The molecule has 0 aromatic carbocycles. The molecule has 0 aliphatic heterocycles. The van der Waals surface area contributed by atoms with Crippen molar-refractivity contribution >= 4 is 22.9 Å². The Bertz CT molecular complexity index is 242. The molecule has 1 unspecified atom stereocenters. The van der Waals surface area contributed by atoms with E-state index in [1.54, 1.807) is 0 Å². The van der Waals surface area contributed by atoms with Gasteiger partial charge in [0.1, 0.15) is 0 Å². The molecule has 0 N–H and O–H groups in total. The van der Waals surface area contributed by atoms with Crippen LogP contribution in [0, 0.1) is 0 Å². The van der Waals surface area contributed by atoms with Crippen LogP contribution in [0.3, 0.4) is 0 Å². The Kier molecular flexibility index (Phi) is 4.82. The third kappa shape index (κ3) is 3.70. The van der Waals surface area contributed by atoms with Crippen molar-refractivity contribution in [2.75, 3.05) is 0 Å². The molecule has 0 fully saturated rings. The van der Waals surface area contributed by atoms with E-state index in [0.717, 1.165) is 25.7 Å². The summed E-state index contributed by atoms with van der Waals surface area (Å²) in [5, 5.41) is 0.354. The minimum atomic E-state index is 0.354. The summed E-state index contributed by atoms with van der Waals surface area (Å²) in [6.45, 7) is 4.34. The van der Waals surface area contributed by atoms with Crippen LogP contribution in [-0.4, -0.2) is 5.38 Å². The fourth-order valence-corrected chi connectivity index (χ4v) is 2.33. The molecule has 0 aliphatic carbocycles. The molecule has 0 amide bonds. The molecule has 1 rings (SSSR count). The predicted molar refractivity (Wildman–Crippen MR) is 62.0 cm³/mol. The zero-order chi connectivity index (χ0) is 9.68. The van der Waals surface area contributed by atoms with Gasteiger partial charge in [-0.25, -0.2) is 0 Å². The molecule has 0 radical (unpaired) electrons. The molecule has 0 spiro atoms. The average molecular weight is 217 g/mol. The molecule has 2 heteroatoms. The van der Waals surface area contributed by atoms with Gasteiger partial charge >= 0.3 is 0 Å². The van der Waals surface area contributed by atoms with Crippen LogP contribution in [0.15, 0.2) is 12.1 Å². The van der Waals surface area contributed by atoms with Crippen molar-refractivity contribution in [3.63, 3.8) is 0 Å². The topological polar surface area (TPSA) is 0 Å². The van der Waals surface area contributed by atoms with Gasteiger partial charge in [-0.3, -0.25) is 0 Å². The van der Waals surface area contributed by atoms with E-state index < -0.39 is 0 Å². The molecule has 0 saturated carbocycles. The number of halogens is 1. The Balaban J connectivity index is 2.36. The van der Waals surface area contributed by atoms with Crippen molar-refractivity contribution in [1.29, 1.82) is 0 Å². The number of rotatable bonds is 5. The van der Waals surface area contributed by atoms with Gasteiger partial charge in [-0.1, -0.05) is 13.8 Å². The van der Waals surface area contributed by atoms with Gasteiger partial charge in [0.2, 0.25) is 0 Å². The van der Waals surface area contributed by atoms with Gasteiger partial charge in [-0.05, 0) is 37.8 Å². The van der Waals surface area contributed by atoms with Crippen LogP contribution >= 0.6 is 22.9 Å². The average Bonchev–Trinajstić information content (AvgIpc) is 2.61. The SMILES string of the molecule is CCc1ccc(CCC(Cl)CC)s1. The molecule has 0 bridgehead atoms. The Morgan fingerprint density at radius 1 is 1.31 bits per heavy atom. The summed E-state index contributed by atoms with van der Waals surface area (Å²) >= 11 is 7.99. The maximum atomic E-state index is 6.06. The molecule has 0 aliphatic rings. The molecule has 1 aromatic heterocycles. The molecule has 13 heavy (non-hydrogen) atoms. The molecule has 74 valence electrons. The Labute approximate surface area is 89.9 Å². The second-order valence-electron chi connectivity index (χ2n) is 3.27. The third-order valence-electron chi connectivity index (χ3n) is 2.21. The Morgan fingerprint density at radius 3 is 2.54 bits per heavy atom. The second kappa shape index (κ2) is 5.66. The zero-order valence-electron chi connectivity index (χ0n) is 8.35. The van der Waals surface area contributed by atoms with E-state index >= 15 is 0 Å². The van der Waals surface area contributed by atoms with Crippen molar-refractivity contribution in [3.8, 4) is 0 Å². The fraction of sp³-hybridized carbons (Fsp3) is 0.636. The van der Waals surface area contributed by atoms with Gasteiger partial charge in [-0.15, -0.1) is 22.9 Å². The van der Waals surface area contributed by atoms with E-state index in [2.05, 4.69) is 26.0 Å². The molecule has 1 heterocycles. The van der Waals surface area contributed by atoms with Gasteiger partial charge in [0.15, 0.2) is 0 Å². The zero-order valence-corrected chi connectivity index (χ0v) is 9.92. The minimum Gasteiger partial charge on any atom is -0.145 e. The number of hydrogen-bond donors (Lipinski definition) is 0. The molecular weight excluding hydrogens is 200 g/mol. The van der Waals surface area contributed by atoms with E-state index in [9.17, 15) is 0 Å². The van der Waals surface area contributed by atoms with E-state index in [1.165, 1.54) is 9.75 Å². The van der Waals surface area contributed by atoms with Crippen molar-refractivity contribution in [1.82, 2.24) is 0 Å². The van der Waals surface area contributed by atoms with Crippen LogP contribution in [0.25, 0.3) is 0 Å². The maximum absolute atomic E-state index is 6.06. The fourth-order valence-electron chi connectivity index (χ4n) is 1.25. The summed E-state index contributed by atoms with van der Waals surface area (Å²) in [7, 11) is 0. The first-order valence-electron chi connectivity index (χ1n) is 4.97. The van der Waals surface area contributed by atoms with Gasteiger partial charge in [0.25, 0.3) is 0 Å². The maximum Gasteiger partial charge on any atom is 0.0336 e. The van der Waals surface area contributed by atoms with Crippen LogP contribution in [0.1, 0.15) is 36.4 Å². The van der Waals surface area contributed by atoms with E-state index in [1.807, 2.05) is 11.3 Å². The number of hydrogen-bond acceptors (Lipinski definition) is 1. The third-order valence-corrected chi connectivity index (χ3v) is 4.03. The lowest BCUT2D eigenvalue weighted by molar-refractivity contribution is 0.732. The summed E-state index contributed by atoms with van der Waals surface area (Å²) < 4.78 is 0. The second-order valence-corrected chi connectivity index (χ2v) is 5.14. The van der Waals surface area contributed by atoms with Crippen molar-refractivity contribution in [2.24, 2.45) is 0 Å². The van der Waals surface area contributed by atoms with Crippen molar-refractivity contribution in [3.05, 3.63) is 21.9 Å². The largest absolute Gasteiger partial charge is 0.145 e. The smallest absolute Gasteiger partial charge is 0.0336 e. The van der Waals surface area contributed by atoms with Crippen molar-refractivity contribution < 1.29 is 0 Å². The summed E-state index contributed by atoms with van der Waals surface area (Å²) in [6, 6.07) is 4.47. The normalized spacial score (nSPS) is 13.2. The summed E-state index contributed by atoms with van der Waals surface area (Å²) in [4.78, 5) is 2.97. The first kappa shape index (κ1) is 11.1. The highest BCUT2D eigenvalue weighted by molar-refractivity contribution is 7.11. The van der Waals surface area contributed by atoms with Gasteiger partial charge < -0.3 is 0 Å². The predicted octanol–water partition coefficient (Wildman–Crippen LogP) is 4.26. The Morgan fingerprint density at radius 2 is 2.00 bits per heavy atom. The van der Waals surface area contributed by atoms with Crippen LogP contribution in [0.5, 0.6) is 0 Å². The molecule has 0 saturated heterocycles. The highest BCUT2D eigenvalue weighted by Crippen LogP contribution is 2.20. The number of alkyl halides is 1. The number of aryl methyl sites for hydroxylation is 2. The lowest BCUT2D eigenvalue weighted by Crippen LogP contribution is -1.96. The first-order valence-corrected chi connectivity index (χ1v) is 6.23. The van der Waals surface area contributed by atoms with Crippen LogP contribution in [0.2, 0.25) is 0 Å². The summed E-state index contributed by atoms with van der Waals surface area (Å²) in [5.74, 6) is 0. The highest BCUT2D eigenvalue weighted by Gasteiger charge is 2.03. The van der Waals surface area contributed by atoms with Crippen molar-refractivity contribution in [2.45, 2.75) is 44.9 Å². The first-order chi connectivity index (χ1) is 6.26. The molecule has 1 aromatic rings. The van der Waals surface area contributed by atoms with Gasteiger partial charge in [0.05, 0.1) is 0 Å². The Hall–Kier alpha value is -0.0100. The molecular formula is C11H17ClS. The van der Waals surface area contributed by atoms with Crippen LogP contribution in [-0.2, 0) is 12.8 Å². The summed E-state index contributed by atoms with van der Waals surface area (Å²) in [6.07, 6.45) is 4.49. The van der Waals surface area contributed by atoms with E-state index in [4.69, 9.17) is 11.6 Å². The molecule has 0 nitrogen and oxygen atoms in total. The lowest BCUT2D eigenvalue weighted by atomic mass is 10.2. The monoisotopic (exact) mass is 216 g/mol. The summed E-state index contributed by atoms with van der Waals surface area (Å²) in [5.41, 5.74) is 0. The van der Waals surface area contributed by atoms with E-state index in [0.29, 0.717) is 5.38 Å².